The molecule has 0 aliphatic carbocycles. The van der Waals surface area contributed by atoms with Gasteiger partial charge in [0.1, 0.15) is 0 Å². The fraction of sp³-hybridized carbons (Fsp3) is 0.300. The number of nitrogens with zero attached hydrogens (tertiary/aromatic N) is 2. The van der Waals surface area contributed by atoms with Crippen LogP contribution in [0.5, 0.6) is 5.75 Å². The first-order valence-corrected chi connectivity index (χ1v) is 21.5. The average molecular weight is 864 g/mol. The number of hydrogen-bond acceptors (Lipinski definition) is 9. The Morgan fingerprint density at radius 1 is 0.678 bits per heavy atom. The van der Waals surface area contributed by atoms with Crippen molar-refractivity contribution in [2.75, 3.05) is 18.8 Å². The van der Waals surface area contributed by atoms with E-state index in [-0.39, 0.29) is 50.9 Å². The van der Waals surface area contributed by atoms with Crippen LogP contribution in [0.3, 0.4) is 0 Å². The van der Waals surface area contributed by atoms with Gasteiger partial charge in [-0.1, -0.05) is 61.0 Å². The number of nitrogens with one attached hydrogen (secondary N) is 1. The Morgan fingerprint density at radius 2 is 1.24 bits per heavy atom. The minimum atomic E-state index is -4.50. The fourth-order valence-corrected chi connectivity index (χ4v) is 8.45. The summed E-state index contributed by atoms with van der Waals surface area (Å²) in [6.45, 7) is -0.145. The zero-order chi connectivity index (χ0) is 42.9. The number of para-hydroxylation sites is 2. The second-order valence-corrected chi connectivity index (χ2v) is 16.8. The molecule has 1 aromatic heterocycles. The highest BCUT2D eigenvalue weighted by atomic mass is 32.2. The third-order valence-corrected chi connectivity index (χ3v) is 11.7. The Bertz CT molecular complexity index is 2510. The van der Waals surface area contributed by atoms with Crippen LogP contribution in [-0.4, -0.2) is 62.3 Å². The molecule has 4 aromatic carbocycles. The Balaban J connectivity index is 1.25. The number of carbonyl (C=O) groups is 3. The molecular weight excluding hydrogens is 826 g/mol. The van der Waals surface area contributed by atoms with Crippen LogP contribution in [0.1, 0.15) is 60.9 Å². The van der Waals surface area contributed by atoms with Crippen molar-refractivity contribution in [1.82, 2.24) is 9.62 Å². The summed E-state index contributed by atoms with van der Waals surface area (Å²) in [7, 11) is -8.85. The first-order chi connectivity index (χ1) is 28.0. The van der Waals surface area contributed by atoms with Crippen LogP contribution in [-0.2, 0) is 42.0 Å². The van der Waals surface area contributed by atoms with Crippen LogP contribution in [0.2, 0.25) is 0 Å². The number of pyridine rings is 1. The summed E-state index contributed by atoms with van der Waals surface area (Å²) >= 11 is 0. The molecule has 0 saturated heterocycles. The zero-order valence-electron chi connectivity index (χ0n) is 31.3. The number of amides is 2. The number of unbranched alkanes of at least 4 members (excludes halogenated alkanes) is 2. The van der Waals surface area contributed by atoms with E-state index in [1.54, 1.807) is 83.4 Å². The van der Waals surface area contributed by atoms with Crippen LogP contribution < -0.4 is 14.6 Å². The van der Waals surface area contributed by atoms with Crippen molar-refractivity contribution in [2.24, 2.45) is 0 Å². The predicted octanol–water partition coefficient (Wildman–Crippen LogP) is 5.95. The maximum atomic E-state index is 14.6. The molecule has 1 heterocycles. The van der Waals surface area contributed by atoms with Crippen molar-refractivity contribution in [3.05, 3.63) is 119 Å². The highest BCUT2D eigenvalue weighted by Crippen LogP contribution is 2.30. The molecular formula is C40H38F5N3O9S2. The van der Waals surface area contributed by atoms with Gasteiger partial charge in [-0.2, -0.15) is 13.3 Å². The Labute approximate surface area is 336 Å². The molecule has 2 amide bonds. The molecule has 1 N–H and O–H groups in total. The van der Waals surface area contributed by atoms with E-state index < -0.39 is 90.7 Å². The third-order valence-electron chi connectivity index (χ3n) is 9.20. The molecule has 0 fully saturated rings. The molecule has 0 saturated carbocycles. The van der Waals surface area contributed by atoms with Gasteiger partial charge < -0.3 is 14.6 Å². The quantitative estimate of drug-likeness (QED) is 0.0121. The molecule has 0 aliphatic rings. The number of hydrogen-bond donors (Lipinski definition) is 1. The molecule has 0 bridgehead atoms. The number of fused-ring (bicyclic) bond motifs is 2. The lowest BCUT2D eigenvalue weighted by atomic mass is 10.0. The van der Waals surface area contributed by atoms with Crippen molar-refractivity contribution in [3.63, 3.8) is 0 Å². The fourth-order valence-electron chi connectivity index (χ4n) is 6.45. The SMILES string of the molecule is O=C(CCCN(C(=O)c1c2ccccc2[n+](CCCS(=O)(=O)[O-])c2ccccc12)S(=O)(=O)Cc1ccccc1)NCCCCCC(=O)Oc1c(F)c(F)c(F)c(F)c1F. The van der Waals surface area contributed by atoms with E-state index >= 15 is 0 Å². The lowest BCUT2D eigenvalue weighted by molar-refractivity contribution is -0.645. The van der Waals surface area contributed by atoms with E-state index in [4.69, 9.17) is 0 Å². The van der Waals surface area contributed by atoms with Gasteiger partial charge in [0.2, 0.25) is 61.8 Å². The smallest absolute Gasteiger partial charge is 0.311 e. The molecule has 314 valence electrons. The number of rotatable bonds is 19. The van der Waals surface area contributed by atoms with E-state index in [0.29, 0.717) is 40.2 Å². The van der Waals surface area contributed by atoms with E-state index in [1.807, 2.05) is 0 Å². The molecule has 59 heavy (non-hydrogen) atoms. The first-order valence-electron chi connectivity index (χ1n) is 18.3. The normalized spacial score (nSPS) is 11.8. The number of aromatic nitrogens is 1. The van der Waals surface area contributed by atoms with Gasteiger partial charge in [-0.15, -0.1) is 0 Å². The van der Waals surface area contributed by atoms with Crippen LogP contribution >= 0.6 is 0 Å². The van der Waals surface area contributed by atoms with Gasteiger partial charge in [0.25, 0.3) is 5.91 Å². The largest absolute Gasteiger partial charge is 0.748 e. The average Bonchev–Trinajstić information content (AvgIpc) is 3.20. The molecule has 5 aromatic rings. The standard InChI is InChI=1S/C40H38F5N3O9S2/c41-34-35(42)37(44)39(38(45)36(34)43)57-32(50)20-5-2-10-21-46-31(49)19-11-23-48(58(52,53)25-26-13-3-1-4-14-26)40(51)33-27-15-6-8-17-29(27)47(22-12-24-59(54,55)56)30-18-9-7-16-28(30)33/h1,3-4,6-9,13-18H,2,5,10-12,19-25H2,(H-,46,49,54,55,56). The molecule has 0 aliphatic heterocycles. The molecule has 5 rings (SSSR count). The minimum Gasteiger partial charge on any atom is -0.748 e. The lowest BCUT2D eigenvalue weighted by Gasteiger charge is -2.24. The topological polar surface area (TPSA) is 171 Å². The van der Waals surface area contributed by atoms with E-state index in [1.165, 1.54) is 0 Å². The molecule has 0 atom stereocenters. The summed E-state index contributed by atoms with van der Waals surface area (Å²) < 4.78 is 137. The van der Waals surface area contributed by atoms with Crippen molar-refractivity contribution < 1.29 is 67.0 Å². The predicted molar refractivity (Wildman–Crippen MR) is 204 cm³/mol. The summed E-state index contributed by atoms with van der Waals surface area (Å²) in [6.07, 6.45) is 0.0148. The van der Waals surface area contributed by atoms with Crippen LogP contribution in [0.25, 0.3) is 21.8 Å². The third kappa shape index (κ3) is 11.2. The highest BCUT2D eigenvalue weighted by Gasteiger charge is 2.33. The van der Waals surface area contributed by atoms with Crippen molar-refractivity contribution in [1.29, 1.82) is 0 Å². The maximum Gasteiger partial charge on any atom is 0.311 e. The van der Waals surface area contributed by atoms with Gasteiger partial charge in [0, 0.05) is 50.2 Å². The summed E-state index contributed by atoms with van der Waals surface area (Å²) in [5, 5.41) is 3.41. The molecule has 12 nitrogen and oxygen atoms in total. The number of carbonyl (C=O) groups excluding carboxylic acids is 3. The minimum absolute atomic E-state index is 0.0119. The monoisotopic (exact) mass is 863 g/mol. The van der Waals surface area contributed by atoms with Gasteiger partial charge >= 0.3 is 5.97 Å². The van der Waals surface area contributed by atoms with Crippen LogP contribution in [0.4, 0.5) is 22.0 Å². The Kier molecular flexibility index (Phi) is 14.7. The Morgan fingerprint density at radius 3 is 1.83 bits per heavy atom. The summed E-state index contributed by atoms with van der Waals surface area (Å²) in [5.74, 6) is -16.8. The second-order valence-electron chi connectivity index (χ2n) is 13.4. The van der Waals surface area contributed by atoms with Gasteiger partial charge in [-0.25, -0.2) is 34.3 Å². The number of ether oxygens (including phenoxy) is 1. The highest BCUT2D eigenvalue weighted by molar-refractivity contribution is 7.88. The molecule has 0 spiro atoms. The van der Waals surface area contributed by atoms with E-state index in [9.17, 15) is 57.7 Å². The zero-order valence-corrected chi connectivity index (χ0v) is 32.9. The summed E-state index contributed by atoms with van der Waals surface area (Å²) in [4.78, 5) is 39.4. The maximum absolute atomic E-state index is 14.6. The lowest BCUT2D eigenvalue weighted by Crippen LogP contribution is -2.41. The van der Waals surface area contributed by atoms with Crippen LogP contribution in [0, 0.1) is 29.1 Å². The van der Waals surface area contributed by atoms with Gasteiger partial charge in [-0.3, -0.25) is 14.4 Å². The molecule has 0 unspecified atom stereocenters. The molecule has 19 heteroatoms. The van der Waals surface area contributed by atoms with Crippen molar-refractivity contribution in [3.8, 4) is 5.75 Å². The number of sulfonamides is 1. The Hall–Kier alpha value is -5.53. The van der Waals surface area contributed by atoms with Gasteiger partial charge in [-0.05, 0) is 37.0 Å². The summed E-state index contributed by atoms with van der Waals surface area (Å²) in [5.41, 5.74) is 1.48. The van der Waals surface area contributed by atoms with Crippen molar-refractivity contribution in [2.45, 2.75) is 57.2 Å². The number of halogens is 5. The number of esters is 1. The van der Waals surface area contributed by atoms with Crippen LogP contribution in [0.15, 0.2) is 78.9 Å². The first kappa shape index (κ1) is 44.6. The van der Waals surface area contributed by atoms with Gasteiger partial charge in [0.15, 0.2) is 6.54 Å². The number of benzene rings is 4. The molecule has 0 radical (unpaired) electrons. The van der Waals surface area contributed by atoms with E-state index in [2.05, 4.69) is 10.1 Å². The van der Waals surface area contributed by atoms with Crippen molar-refractivity contribution >= 4 is 59.7 Å². The summed E-state index contributed by atoms with van der Waals surface area (Å²) in [6, 6.07) is 21.6. The second kappa shape index (κ2) is 19.5. The number of aryl methyl sites for hydroxylation is 1. The van der Waals surface area contributed by atoms with E-state index in [0.717, 1.165) is 4.31 Å². The van der Waals surface area contributed by atoms with Gasteiger partial charge in [0.05, 0.1) is 32.2 Å².